The van der Waals surface area contributed by atoms with Crippen LogP contribution < -0.4 is 0 Å². The summed E-state index contributed by atoms with van der Waals surface area (Å²) in [5, 5.41) is 9.45. The molecule has 0 N–H and O–H groups in total. The number of nitrogens with zero attached hydrogens (tertiary/aromatic N) is 4. The van der Waals surface area contributed by atoms with Crippen molar-refractivity contribution in [1.29, 1.82) is 5.26 Å². The number of benzene rings is 2. The summed E-state index contributed by atoms with van der Waals surface area (Å²) in [5.41, 5.74) is 3.39. The van der Waals surface area contributed by atoms with E-state index in [0.29, 0.717) is 11.4 Å². The minimum Gasteiger partial charge on any atom is -0.276 e. The normalized spacial score (nSPS) is 10.6. The predicted molar refractivity (Wildman–Crippen MR) is 106 cm³/mol. The maximum absolute atomic E-state index is 9.45. The van der Waals surface area contributed by atoms with Gasteiger partial charge in [-0.25, -0.2) is 9.97 Å². The van der Waals surface area contributed by atoms with Gasteiger partial charge in [0.2, 0.25) is 0 Å². The Balaban J connectivity index is 0.00000196. The molecule has 4 rings (SSSR count). The average molecular weight is 359 g/mol. The lowest BCUT2D eigenvalue weighted by Gasteiger charge is -2.07. The van der Waals surface area contributed by atoms with Crippen LogP contribution in [0.5, 0.6) is 0 Å². The maximum atomic E-state index is 9.45. The molecule has 2 heterocycles. The van der Waals surface area contributed by atoms with Crippen LogP contribution in [0.15, 0.2) is 72.9 Å². The highest BCUT2D eigenvalue weighted by atomic mass is 35.5. The van der Waals surface area contributed by atoms with Crippen molar-refractivity contribution in [2.75, 3.05) is 0 Å². The third-order valence-corrected chi connectivity index (χ3v) is 3.93. The van der Waals surface area contributed by atoms with Crippen LogP contribution in [0.25, 0.3) is 29.0 Å². The van der Waals surface area contributed by atoms with E-state index in [1.807, 2.05) is 71.3 Å². The molecule has 0 saturated carbocycles. The van der Waals surface area contributed by atoms with Crippen LogP contribution in [-0.4, -0.2) is 14.5 Å². The highest BCUT2D eigenvalue weighted by Gasteiger charge is 2.14. The summed E-state index contributed by atoms with van der Waals surface area (Å²) >= 11 is 0. The van der Waals surface area contributed by atoms with Crippen LogP contribution >= 0.6 is 12.4 Å². The summed E-state index contributed by atoms with van der Waals surface area (Å²) in [6.07, 6.45) is 5.65. The Bertz CT molecular complexity index is 1110. The lowest BCUT2D eigenvalue weighted by molar-refractivity contribution is 0.998. The molecule has 4 aromatic rings. The first-order valence-corrected chi connectivity index (χ1v) is 7.93. The van der Waals surface area contributed by atoms with Gasteiger partial charge < -0.3 is 0 Å². The molecule has 0 aliphatic carbocycles. The highest BCUT2D eigenvalue weighted by Crippen LogP contribution is 2.23. The van der Waals surface area contributed by atoms with Crippen molar-refractivity contribution in [3.05, 3.63) is 89.9 Å². The molecular formula is C21H15ClN4. The molecule has 126 valence electrons. The van der Waals surface area contributed by atoms with E-state index in [1.165, 1.54) is 0 Å². The van der Waals surface area contributed by atoms with Crippen LogP contribution in [0.4, 0.5) is 0 Å². The molecule has 5 heteroatoms. The van der Waals surface area contributed by atoms with Crippen molar-refractivity contribution in [2.24, 2.45) is 0 Å². The van der Waals surface area contributed by atoms with Gasteiger partial charge in [0, 0.05) is 6.20 Å². The van der Waals surface area contributed by atoms with E-state index >= 15 is 0 Å². The smallest absolute Gasteiger partial charge is 0.156 e. The van der Waals surface area contributed by atoms with Gasteiger partial charge in [-0.2, -0.15) is 5.26 Å². The molecule has 0 aliphatic heterocycles. The SMILES string of the molecule is Cl.N#Cc1cccnc1-n1c(C=Cc2ccccc2)nc2ccccc21. The Morgan fingerprint density at radius 1 is 0.885 bits per heavy atom. The fraction of sp³-hybridized carbons (Fsp3) is 0. The molecule has 0 amide bonds. The van der Waals surface area contributed by atoms with E-state index in [4.69, 9.17) is 4.98 Å². The Morgan fingerprint density at radius 3 is 2.46 bits per heavy atom. The number of halogens is 1. The lowest BCUT2D eigenvalue weighted by Crippen LogP contribution is -2.02. The summed E-state index contributed by atoms with van der Waals surface area (Å²) in [5.74, 6) is 1.33. The number of para-hydroxylation sites is 2. The minimum absolute atomic E-state index is 0. The Morgan fingerprint density at radius 2 is 1.65 bits per heavy atom. The van der Waals surface area contributed by atoms with E-state index in [2.05, 4.69) is 11.1 Å². The van der Waals surface area contributed by atoms with Crippen LogP contribution in [0.3, 0.4) is 0 Å². The first-order valence-electron chi connectivity index (χ1n) is 7.93. The topological polar surface area (TPSA) is 54.5 Å². The van der Waals surface area contributed by atoms with Gasteiger partial charge in [-0.05, 0) is 35.9 Å². The van der Waals surface area contributed by atoms with Crippen LogP contribution in [0.1, 0.15) is 17.0 Å². The summed E-state index contributed by atoms with van der Waals surface area (Å²) in [7, 11) is 0. The summed E-state index contributed by atoms with van der Waals surface area (Å²) in [6, 6.07) is 23.6. The molecule has 0 atom stereocenters. The monoisotopic (exact) mass is 358 g/mol. The fourth-order valence-electron chi connectivity index (χ4n) is 2.78. The minimum atomic E-state index is 0. The van der Waals surface area contributed by atoms with Crippen LogP contribution in [0, 0.1) is 11.3 Å². The number of hydrogen-bond acceptors (Lipinski definition) is 3. The van der Waals surface area contributed by atoms with Crippen molar-refractivity contribution in [2.45, 2.75) is 0 Å². The van der Waals surface area contributed by atoms with E-state index in [9.17, 15) is 5.26 Å². The zero-order valence-electron chi connectivity index (χ0n) is 13.8. The second-order valence-corrected chi connectivity index (χ2v) is 5.52. The third-order valence-electron chi connectivity index (χ3n) is 3.93. The molecule has 2 aromatic carbocycles. The van der Waals surface area contributed by atoms with E-state index in [0.717, 1.165) is 22.4 Å². The molecule has 0 fully saturated rings. The largest absolute Gasteiger partial charge is 0.276 e. The van der Waals surface area contributed by atoms with Crippen LogP contribution in [-0.2, 0) is 0 Å². The fourth-order valence-corrected chi connectivity index (χ4v) is 2.78. The number of pyridine rings is 1. The quantitative estimate of drug-likeness (QED) is 0.524. The highest BCUT2D eigenvalue weighted by molar-refractivity contribution is 5.85. The average Bonchev–Trinajstić information content (AvgIpc) is 3.05. The molecule has 0 bridgehead atoms. The van der Waals surface area contributed by atoms with Crippen molar-refractivity contribution in [3.63, 3.8) is 0 Å². The number of fused-ring (bicyclic) bond motifs is 1. The maximum Gasteiger partial charge on any atom is 0.156 e. The van der Waals surface area contributed by atoms with Crippen molar-refractivity contribution < 1.29 is 0 Å². The van der Waals surface area contributed by atoms with Crippen molar-refractivity contribution in [1.82, 2.24) is 14.5 Å². The number of imidazole rings is 1. The van der Waals surface area contributed by atoms with Gasteiger partial charge in [0.25, 0.3) is 0 Å². The van der Waals surface area contributed by atoms with Gasteiger partial charge in [-0.1, -0.05) is 48.5 Å². The Kier molecular flexibility index (Phi) is 5.12. The zero-order chi connectivity index (χ0) is 17.1. The van der Waals surface area contributed by atoms with Gasteiger partial charge in [-0.15, -0.1) is 12.4 Å². The van der Waals surface area contributed by atoms with Gasteiger partial charge in [0.1, 0.15) is 11.9 Å². The van der Waals surface area contributed by atoms with Crippen molar-refractivity contribution >= 4 is 35.6 Å². The summed E-state index contributed by atoms with van der Waals surface area (Å²) in [6.45, 7) is 0. The second kappa shape index (κ2) is 7.64. The number of hydrogen-bond donors (Lipinski definition) is 0. The molecule has 26 heavy (non-hydrogen) atoms. The summed E-state index contributed by atoms with van der Waals surface area (Å²) < 4.78 is 1.92. The van der Waals surface area contributed by atoms with Gasteiger partial charge in [-0.3, -0.25) is 4.57 Å². The predicted octanol–water partition coefficient (Wildman–Crippen LogP) is 4.88. The molecular weight excluding hydrogens is 344 g/mol. The zero-order valence-corrected chi connectivity index (χ0v) is 14.6. The molecule has 4 nitrogen and oxygen atoms in total. The third kappa shape index (κ3) is 3.21. The van der Waals surface area contributed by atoms with Gasteiger partial charge in [0.05, 0.1) is 16.6 Å². The Hall–Kier alpha value is -3.42. The molecule has 0 spiro atoms. The molecule has 0 unspecified atom stereocenters. The standard InChI is InChI=1S/C21H14N4.ClH/c22-15-17-9-6-14-23-21(17)25-19-11-5-4-10-18(19)24-20(25)13-12-16-7-2-1-3-8-16;/h1-14H;1H. The number of nitriles is 1. The van der Waals surface area contributed by atoms with E-state index < -0.39 is 0 Å². The Labute approximate surface area is 157 Å². The van der Waals surface area contributed by atoms with Crippen molar-refractivity contribution in [3.8, 4) is 11.9 Å². The van der Waals surface area contributed by atoms with Crippen LogP contribution in [0.2, 0.25) is 0 Å². The lowest BCUT2D eigenvalue weighted by atomic mass is 10.2. The summed E-state index contributed by atoms with van der Waals surface area (Å²) in [4.78, 5) is 9.13. The molecule has 0 radical (unpaired) electrons. The number of rotatable bonds is 3. The molecule has 0 saturated heterocycles. The molecule has 0 aliphatic rings. The molecule has 2 aromatic heterocycles. The van der Waals surface area contributed by atoms with E-state index in [-0.39, 0.29) is 12.4 Å². The van der Waals surface area contributed by atoms with E-state index in [1.54, 1.807) is 18.3 Å². The number of aromatic nitrogens is 3. The van der Waals surface area contributed by atoms with Gasteiger partial charge in [0.15, 0.2) is 5.82 Å². The van der Waals surface area contributed by atoms with Gasteiger partial charge >= 0.3 is 0 Å². The first-order chi connectivity index (χ1) is 12.4. The first kappa shape index (κ1) is 17.4. The second-order valence-electron chi connectivity index (χ2n) is 5.52.